The number of hydrogen-bond acceptors (Lipinski definition) is 4. The second-order valence-corrected chi connectivity index (χ2v) is 8.53. The number of nitrogens with one attached hydrogen (secondary N) is 1. The fourth-order valence-corrected chi connectivity index (χ4v) is 4.83. The number of rotatable bonds is 2. The largest absolute Gasteiger partial charge is 0.341 e. The number of ether oxygens (including phenoxy) is 1. The van der Waals surface area contributed by atoms with E-state index in [2.05, 4.69) is 33.0 Å². The Balaban J connectivity index is 1.84. The second kappa shape index (κ2) is 4.95. The summed E-state index contributed by atoms with van der Waals surface area (Å²) in [6.45, 7) is 10.4. The highest BCUT2D eigenvalue weighted by molar-refractivity contribution is 7.11. The van der Waals surface area contributed by atoms with Crippen LogP contribution in [0.5, 0.6) is 0 Å². The van der Waals surface area contributed by atoms with Gasteiger partial charge in [0.25, 0.3) is 0 Å². The summed E-state index contributed by atoms with van der Waals surface area (Å²) in [6, 6.07) is -0.0750. The summed E-state index contributed by atoms with van der Waals surface area (Å²) in [4.78, 5) is 19.6. The van der Waals surface area contributed by atoms with Crippen molar-refractivity contribution in [1.82, 2.24) is 15.2 Å². The van der Waals surface area contributed by atoms with Gasteiger partial charge >= 0.3 is 6.03 Å². The van der Waals surface area contributed by atoms with Crippen LogP contribution in [0.2, 0.25) is 0 Å². The third kappa shape index (κ3) is 2.92. The topological polar surface area (TPSA) is 54.5 Å². The molecule has 1 aromatic rings. The van der Waals surface area contributed by atoms with Crippen LogP contribution in [0.1, 0.15) is 49.7 Å². The summed E-state index contributed by atoms with van der Waals surface area (Å²) >= 11 is 1.75. The van der Waals surface area contributed by atoms with Gasteiger partial charge in [-0.2, -0.15) is 0 Å². The summed E-state index contributed by atoms with van der Waals surface area (Å²) in [5, 5.41) is 3.69. The van der Waals surface area contributed by atoms with Crippen LogP contribution in [0.4, 0.5) is 4.79 Å². The molecule has 0 bridgehead atoms. The van der Waals surface area contributed by atoms with Gasteiger partial charge in [0.1, 0.15) is 18.5 Å². The van der Waals surface area contributed by atoms with Gasteiger partial charge in [-0.05, 0) is 18.3 Å². The Labute approximate surface area is 129 Å². The number of urea groups is 1. The Kier molecular flexibility index (Phi) is 3.48. The number of carbonyl (C=O) groups is 1. The first kappa shape index (κ1) is 14.8. The molecular formula is C15H23N3O2S. The number of carbonyl (C=O) groups excluding carboxylic acids is 1. The number of hydrogen-bond donors (Lipinski definition) is 1. The van der Waals surface area contributed by atoms with Gasteiger partial charge in [-0.3, -0.25) is 4.90 Å². The molecule has 0 radical (unpaired) electrons. The average Bonchev–Trinajstić information content (AvgIpc) is 2.73. The van der Waals surface area contributed by atoms with E-state index >= 15 is 0 Å². The molecule has 1 aliphatic heterocycles. The lowest BCUT2D eigenvalue weighted by Gasteiger charge is -2.39. The Hall–Kier alpha value is -1.14. The minimum Gasteiger partial charge on any atom is -0.341 e. The van der Waals surface area contributed by atoms with Gasteiger partial charge in [0, 0.05) is 10.3 Å². The van der Waals surface area contributed by atoms with Gasteiger partial charge in [-0.25, -0.2) is 9.78 Å². The molecule has 1 aliphatic carbocycles. The van der Waals surface area contributed by atoms with Crippen LogP contribution in [0, 0.1) is 5.41 Å². The van der Waals surface area contributed by atoms with Crippen molar-refractivity contribution >= 4 is 17.4 Å². The van der Waals surface area contributed by atoms with Crippen LogP contribution in [-0.2, 0) is 23.1 Å². The van der Waals surface area contributed by atoms with Crippen LogP contribution in [-0.4, -0.2) is 29.4 Å². The Morgan fingerprint density at radius 1 is 1.38 bits per heavy atom. The van der Waals surface area contributed by atoms with Crippen molar-refractivity contribution in [2.75, 3.05) is 13.5 Å². The predicted octanol–water partition coefficient (Wildman–Crippen LogP) is 2.85. The molecular weight excluding hydrogens is 286 g/mol. The van der Waals surface area contributed by atoms with Crippen LogP contribution in [0.3, 0.4) is 0 Å². The zero-order valence-corrected chi connectivity index (χ0v) is 14.0. The van der Waals surface area contributed by atoms with Gasteiger partial charge in [0.2, 0.25) is 0 Å². The van der Waals surface area contributed by atoms with Gasteiger partial charge in [-0.1, -0.05) is 27.7 Å². The maximum Gasteiger partial charge on any atom is 0.321 e. The molecule has 1 aromatic heterocycles. The van der Waals surface area contributed by atoms with E-state index in [9.17, 15) is 4.79 Å². The number of nitrogens with zero attached hydrogens (tertiary/aromatic N) is 2. The number of amides is 2. The molecule has 0 spiro atoms. The van der Waals surface area contributed by atoms with Gasteiger partial charge in [0.15, 0.2) is 0 Å². The molecule has 3 rings (SSSR count). The molecule has 21 heavy (non-hydrogen) atoms. The SMILES string of the molecule is CC1(C)Cc2nc(CN3COCNC3=O)sc2C(C)(C)C1. The number of fused-ring (bicyclic) bond motifs is 1. The van der Waals surface area contributed by atoms with Crippen LogP contribution < -0.4 is 5.32 Å². The average molecular weight is 309 g/mol. The number of thiazole rings is 1. The van der Waals surface area contributed by atoms with E-state index in [1.807, 2.05) is 0 Å². The van der Waals surface area contributed by atoms with E-state index in [1.165, 1.54) is 17.0 Å². The van der Waals surface area contributed by atoms with Crippen molar-refractivity contribution in [1.29, 1.82) is 0 Å². The normalized spacial score (nSPS) is 23.6. The van der Waals surface area contributed by atoms with E-state index < -0.39 is 0 Å². The van der Waals surface area contributed by atoms with E-state index in [0.717, 1.165) is 11.4 Å². The Morgan fingerprint density at radius 2 is 2.14 bits per heavy atom. The summed E-state index contributed by atoms with van der Waals surface area (Å²) < 4.78 is 5.27. The molecule has 5 nitrogen and oxygen atoms in total. The molecule has 0 atom stereocenters. The highest BCUT2D eigenvalue weighted by atomic mass is 32.1. The van der Waals surface area contributed by atoms with Crippen molar-refractivity contribution < 1.29 is 9.53 Å². The van der Waals surface area contributed by atoms with E-state index in [-0.39, 0.29) is 16.9 Å². The maximum absolute atomic E-state index is 11.8. The van der Waals surface area contributed by atoms with E-state index in [0.29, 0.717) is 20.0 Å². The van der Waals surface area contributed by atoms with Gasteiger partial charge in [0.05, 0.1) is 12.2 Å². The van der Waals surface area contributed by atoms with E-state index in [1.54, 1.807) is 16.2 Å². The highest BCUT2D eigenvalue weighted by Gasteiger charge is 2.40. The zero-order valence-electron chi connectivity index (χ0n) is 13.2. The number of aromatic nitrogens is 1. The predicted molar refractivity (Wildman–Crippen MR) is 82.1 cm³/mol. The van der Waals surface area contributed by atoms with Gasteiger partial charge < -0.3 is 10.1 Å². The molecule has 116 valence electrons. The Morgan fingerprint density at radius 3 is 2.86 bits per heavy atom. The fourth-order valence-electron chi connectivity index (χ4n) is 3.63. The standard InChI is InChI=1S/C15H23N3O2S/c1-14(2)5-10-12(15(3,4)7-14)21-11(17-10)6-18-9-20-8-16-13(18)19/h5-9H2,1-4H3,(H,16,19). The lowest BCUT2D eigenvalue weighted by molar-refractivity contribution is 0.00598. The third-order valence-corrected chi connectivity index (χ3v) is 5.56. The fraction of sp³-hybridized carbons (Fsp3) is 0.733. The summed E-state index contributed by atoms with van der Waals surface area (Å²) in [7, 11) is 0. The molecule has 6 heteroatoms. The van der Waals surface area contributed by atoms with Crippen LogP contribution in [0.25, 0.3) is 0 Å². The molecule has 0 aromatic carbocycles. The minimum absolute atomic E-state index is 0.0750. The lowest BCUT2D eigenvalue weighted by atomic mass is 9.67. The summed E-state index contributed by atoms with van der Waals surface area (Å²) in [5.74, 6) is 0. The molecule has 0 unspecified atom stereocenters. The smallest absolute Gasteiger partial charge is 0.321 e. The molecule has 1 saturated heterocycles. The van der Waals surface area contributed by atoms with Crippen molar-refractivity contribution in [2.24, 2.45) is 5.41 Å². The quantitative estimate of drug-likeness (QED) is 0.914. The molecule has 1 fully saturated rings. The second-order valence-electron chi connectivity index (χ2n) is 7.44. The first-order valence-electron chi connectivity index (χ1n) is 7.36. The van der Waals surface area contributed by atoms with Crippen molar-refractivity contribution in [3.8, 4) is 0 Å². The molecule has 2 aliphatic rings. The molecule has 2 heterocycles. The first-order valence-corrected chi connectivity index (χ1v) is 8.18. The molecule has 0 saturated carbocycles. The molecule has 2 amide bonds. The Bertz CT molecular complexity index is 565. The summed E-state index contributed by atoms with van der Waals surface area (Å²) in [6.07, 6.45) is 2.19. The minimum atomic E-state index is -0.0750. The lowest BCUT2D eigenvalue weighted by Crippen LogP contribution is -2.47. The maximum atomic E-state index is 11.8. The van der Waals surface area contributed by atoms with Crippen molar-refractivity contribution in [3.63, 3.8) is 0 Å². The monoisotopic (exact) mass is 309 g/mol. The van der Waals surface area contributed by atoms with Crippen LogP contribution in [0.15, 0.2) is 0 Å². The third-order valence-electron chi connectivity index (χ3n) is 4.11. The van der Waals surface area contributed by atoms with Crippen molar-refractivity contribution in [3.05, 3.63) is 15.6 Å². The van der Waals surface area contributed by atoms with Crippen molar-refractivity contribution in [2.45, 2.75) is 52.5 Å². The molecule has 1 N–H and O–H groups in total. The first-order chi connectivity index (χ1) is 9.77. The highest BCUT2D eigenvalue weighted by Crippen LogP contribution is 2.47. The van der Waals surface area contributed by atoms with E-state index in [4.69, 9.17) is 9.72 Å². The van der Waals surface area contributed by atoms with Gasteiger partial charge in [-0.15, -0.1) is 11.3 Å². The van der Waals surface area contributed by atoms with Crippen LogP contribution >= 0.6 is 11.3 Å². The summed E-state index contributed by atoms with van der Waals surface area (Å²) in [5.41, 5.74) is 1.66. The zero-order chi connectivity index (χ0) is 15.3.